The second-order valence-electron chi connectivity index (χ2n) is 3.16. The van der Waals surface area contributed by atoms with Crippen LogP contribution in [-0.2, 0) is 15.8 Å². The molecule has 1 rings (SSSR count). The Bertz CT molecular complexity index is 372. The zero-order valence-corrected chi connectivity index (χ0v) is 8.94. The molecule has 0 aromatic carbocycles. The fourth-order valence-electron chi connectivity index (χ4n) is 1.09. The van der Waals surface area contributed by atoms with E-state index in [4.69, 9.17) is 10.00 Å². The third-order valence-electron chi connectivity index (χ3n) is 1.66. The van der Waals surface area contributed by atoms with Crippen LogP contribution in [0.25, 0.3) is 0 Å². The minimum atomic E-state index is -3.56. The number of hydrogen-bond acceptors (Lipinski definition) is 3. The van der Waals surface area contributed by atoms with Gasteiger partial charge in [0.1, 0.15) is 6.04 Å². The molecule has 8 heteroatoms. The van der Waals surface area contributed by atoms with Crippen molar-refractivity contribution in [1.82, 2.24) is 15.1 Å². The van der Waals surface area contributed by atoms with Gasteiger partial charge in [0.05, 0.1) is 12.0 Å². The number of H-pyrrole nitrogens is 1. The second kappa shape index (κ2) is 4.57. The smallest absolute Gasteiger partial charge is 0.321 e. The Hall–Kier alpha value is -1.17. The van der Waals surface area contributed by atoms with Gasteiger partial charge in [0, 0.05) is 19.3 Å². The predicted octanol–water partition coefficient (Wildman–Crippen LogP) is -0.190. The molecule has 0 fully saturated rings. The van der Waals surface area contributed by atoms with Crippen molar-refractivity contribution in [3.05, 3.63) is 18.2 Å². The Kier molecular flexibility index (Phi) is 3.62. The maximum Gasteiger partial charge on any atom is 0.321 e. The van der Waals surface area contributed by atoms with Crippen molar-refractivity contribution in [2.45, 2.75) is 12.5 Å². The number of aliphatic carboxylic acids is 1. The summed E-state index contributed by atoms with van der Waals surface area (Å²) in [5, 5.41) is 11.0. The summed E-state index contributed by atoms with van der Waals surface area (Å²) < 4.78 is 11.0. The van der Waals surface area contributed by atoms with Crippen LogP contribution >= 0.6 is 7.52 Å². The van der Waals surface area contributed by atoms with Crippen molar-refractivity contribution in [1.29, 1.82) is 0 Å². The lowest BCUT2D eigenvalue weighted by Gasteiger charge is -2.15. The first-order chi connectivity index (χ1) is 6.88. The molecular weight excluding hydrogens is 221 g/mol. The van der Waals surface area contributed by atoms with E-state index in [-0.39, 0.29) is 6.42 Å². The van der Waals surface area contributed by atoms with Gasteiger partial charge >= 0.3 is 5.97 Å². The number of hydrogen-bond donors (Lipinski definition) is 4. The van der Waals surface area contributed by atoms with Crippen LogP contribution in [0.3, 0.4) is 0 Å². The van der Waals surface area contributed by atoms with Crippen LogP contribution in [-0.4, -0.2) is 38.6 Å². The monoisotopic (exact) mass is 233 g/mol. The van der Waals surface area contributed by atoms with Crippen LogP contribution in [0.4, 0.5) is 0 Å². The first kappa shape index (κ1) is 11.9. The van der Waals surface area contributed by atoms with E-state index in [1.807, 2.05) is 0 Å². The molecule has 0 saturated carbocycles. The number of aromatic amines is 1. The molecule has 0 bridgehead atoms. The maximum atomic E-state index is 11.0. The molecule has 0 aliphatic rings. The summed E-state index contributed by atoms with van der Waals surface area (Å²) in [5.41, 5.74) is 0.517. The summed E-state index contributed by atoms with van der Waals surface area (Å²) in [7, 11) is -3.56. The van der Waals surface area contributed by atoms with Gasteiger partial charge in [0.2, 0.25) is 0 Å². The lowest BCUT2D eigenvalue weighted by atomic mass is 10.2. The normalized spacial score (nSPS) is 16.9. The molecule has 0 aliphatic carbocycles. The van der Waals surface area contributed by atoms with Crippen LogP contribution in [0.15, 0.2) is 12.5 Å². The van der Waals surface area contributed by atoms with E-state index < -0.39 is 19.5 Å². The van der Waals surface area contributed by atoms with Crippen molar-refractivity contribution in [3.63, 3.8) is 0 Å². The Morgan fingerprint density at radius 3 is 2.87 bits per heavy atom. The summed E-state index contributed by atoms with van der Waals surface area (Å²) in [5.74, 6) is -1.19. The molecule has 84 valence electrons. The molecule has 7 nitrogen and oxygen atoms in total. The number of carboxylic acids is 1. The van der Waals surface area contributed by atoms with Crippen molar-refractivity contribution < 1.29 is 19.4 Å². The molecule has 0 spiro atoms. The van der Waals surface area contributed by atoms with Crippen LogP contribution in [0.2, 0.25) is 0 Å². The molecule has 0 aliphatic heterocycles. The van der Waals surface area contributed by atoms with Crippen LogP contribution < -0.4 is 5.09 Å². The topological polar surface area (TPSA) is 115 Å². The third kappa shape index (κ3) is 4.24. The van der Waals surface area contributed by atoms with Crippen LogP contribution in [0, 0.1) is 0 Å². The Labute approximate surface area is 86.1 Å². The highest BCUT2D eigenvalue weighted by atomic mass is 31.2. The summed E-state index contributed by atoms with van der Waals surface area (Å²) in [6.07, 6.45) is 3.01. The van der Waals surface area contributed by atoms with E-state index in [1.165, 1.54) is 12.5 Å². The zero-order chi connectivity index (χ0) is 11.5. The highest BCUT2D eigenvalue weighted by Gasteiger charge is 2.24. The van der Waals surface area contributed by atoms with E-state index in [2.05, 4.69) is 15.1 Å². The zero-order valence-electron chi connectivity index (χ0n) is 8.04. The fraction of sp³-hybridized carbons (Fsp3) is 0.429. The van der Waals surface area contributed by atoms with E-state index in [0.717, 1.165) is 6.66 Å². The maximum absolute atomic E-state index is 11.0. The number of nitrogens with one attached hydrogen (secondary N) is 2. The van der Waals surface area contributed by atoms with Gasteiger partial charge in [-0.2, -0.15) is 0 Å². The van der Waals surface area contributed by atoms with Crippen molar-refractivity contribution in [2.24, 2.45) is 0 Å². The van der Waals surface area contributed by atoms with Gasteiger partial charge in [-0.3, -0.25) is 9.36 Å². The lowest BCUT2D eigenvalue weighted by molar-refractivity contribution is -0.139. The average molecular weight is 233 g/mol. The van der Waals surface area contributed by atoms with Crippen molar-refractivity contribution in [2.75, 3.05) is 6.66 Å². The van der Waals surface area contributed by atoms with Gasteiger partial charge in [-0.25, -0.2) is 10.1 Å². The summed E-state index contributed by atoms with van der Waals surface area (Å²) >= 11 is 0. The molecule has 1 heterocycles. The minimum Gasteiger partial charge on any atom is -0.480 e. The first-order valence-corrected chi connectivity index (χ1v) is 6.27. The van der Waals surface area contributed by atoms with Gasteiger partial charge in [0.25, 0.3) is 7.52 Å². The average Bonchev–Trinajstić information content (AvgIpc) is 2.52. The number of aromatic nitrogens is 2. The van der Waals surface area contributed by atoms with E-state index in [9.17, 15) is 9.36 Å². The van der Waals surface area contributed by atoms with Gasteiger partial charge in [-0.1, -0.05) is 0 Å². The van der Waals surface area contributed by atoms with Crippen LogP contribution in [0.5, 0.6) is 0 Å². The molecule has 15 heavy (non-hydrogen) atoms. The Morgan fingerprint density at radius 2 is 2.47 bits per heavy atom. The molecule has 0 amide bonds. The van der Waals surface area contributed by atoms with E-state index in [1.54, 1.807) is 0 Å². The van der Waals surface area contributed by atoms with Gasteiger partial charge < -0.3 is 15.0 Å². The van der Waals surface area contributed by atoms with Gasteiger partial charge in [-0.15, -0.1) is 0 Å². The predicted molar refractivity (Wildman–Crippen MR) is 52.6 cm³/mol. The van der Waals surface area contributed by atoms with E-state index in [0.29, 0.717) is 5.69 Å². The molecular formula is C7H12N3O4P. The van der Waals surface area contributed by atoms with Crippen LogP contribution in [0.1, 0.15) is 5.69 Å². The number of nitrogens with zero attached hydrogens (tertiary/aromatic N) is 1. The molecule has 0 saturated heterocycles. The highest BCUT2D eigenvalue weighted by Crippen LogP contribution is 2.30. The Balaban J connectivity index is 2.68. The summed E-state index contributed by atoms with van der Waals surface area (Å²) in [6, 6.07) is -1.12. The molecule has 4 N–H and O–H groups in total. The minimum absolute atomic E-state index is 0.0528. The third-order valence-corrected chi connectivity index (χ3v) is 2.45. The SMILES string of the molecule is CP(=O)(O)N[C@@H](Cc1c[nH]cn1)C(=O)O. The lowest BCUT2D eigenvalue weighted by Crippen LogP contribution is -2.36. The van der Waals surface area contributed by atoms with E-state index >= 15 is 0 Å². The van der Waals surface area contributed by atoms with Gasteiger partial charge in [0.15, 0.2) is 0 Å². The summed E-state index contributed by atoms with van der Waals surface area (Å²) in [4.78, 5) is 26.3. The molecule has 1 unspecified atom stereocenters. The van der Waals surface area contributed by atoms with Crippen molar-refractivity contribution >= 4 is 13.5 Å². The highest BCUT2D eigenvalue weighted by molar-refractivity contribution is 7.55. The number of rotatable bonds is 5. The standard InChI is InChI=1S/C7H12N3O4P/c1-15(13,14)10-6(7(11)12)2-5-3-8-4-9-5/h3-4,6H,2H2,1H3,(H,8,9)(H,11,12)(H2,10,13,14)/t6-/m0/s1. The Morgan fingerprint density at radius 1 is 1.80 bits per heavy atom. The molecule has 0 radical (unpaired) electrons. The number of carboxylic acid groups (broad SMARTS) is 1. The first-order valence-electron chi connectivity index (χ1n) is 4.17. The summed E-state index contributed by atoms with van der Waals surface area (Å²) in [6.45, 7) is 1.05. The van der Waals surface area contributed by atoms with Gasteiger partial charge in [-0.05, 0) is 0 Å². The van der Waals surface area contributed by atoms with Crippen molar-refractivity contribution in [3.8, 4) is 0 Å². The molecule has 1 aromatic rings. The second-order valence-corrected chi connectivity index (χ2v) is 5.18. The number of carbonyl (C=O) groups is 1. The molecule has 1 aromatic heterocycles. The largest absolute Gasteiger partial charge is 0.480 e. The quantitative estimate of drug-likeness (QED) is 0.524. The fourth-order valence-corrected chi connectivity index (χ4v) is 1.87. The number of imidazole rings is 1. The molecule has 2 atom stereocenters.